The summed E-state index contributed by atoms with van der Waals surface area (Å²) in [5.74, 6) is 0.401. The first-order valence-corrected chi connectivity index (χ1v) is 7.81. The number of allylic oxidation sites excluding steroid dienone is 1. The quantitative estimate of drug-likeness (QED) is 0.634. The second-order valence-corrected chi connectivity index (χ2v) is 6.50. The molecule has 0 saturated heterocycles. The summed E-state index contributed by atoms with van der Waals surface area (Å²) in [6.07, 6.45) is 2.61. The molecule has 1 unspecified atom stereocenters. The first kappa shape index (κ1) is 17.8. The Bertz CT molecular complexity index is 622. The molecule has 1 aromatic carbocycles. The van der Waals surface area contributed by atoms with Gasteiger partial charge >= 0.3 is 5.97 Å². The Hall–Kier alpha value is -2.50. The molecule has 0 fully saturated rings. The number of ether oxygens (including phenoxy) is 2. The third-order valence-electron chi connectivity index (χ3n) is 4.06. The van der Waals surface area contributed by atoms with Crippen molar-refractivity contribution >= 4 is 12.3 Å². The topological polar surface area (TPSA) is 67.9 Å². The van der Waals surface area contributed by atoms with Crippen molar-refractivity contribution < 1.29 is 19.1 Å². The molecule has 24 heavy (non-hydrogen) atoms. The van der Waals surface area contributed by atoms with Gasteiger partial charge in [-0.2, -0.15) is 0 Å². The van der Waals surface area contributed by atoms with Crippen LogP contribution in [0.5, 0.6) is 5.75 Å². The van der Waals surface area contributed by atoms with E-state index in [9.17, 15) is 9.59 Å². The number of nitrogens with one attached hydrogen (secondary N) is 1. The molecule has 1 aliphatic heterocycles. The molecule has 0 spiro atoms. The van der Waals surface area contributed by atoms with E-state index in [1.165, 1.54) is 7.11 Å². The molecule has 6 heteroatoms. The molecule has 2 rings (SSSR count). The van der Waals surface area contributed by atoms with Gasteiger partial charge in [0.05, 0.1) is 24.3 Å². The number of carbonyl (C=O) groups excluding carboxylic acids is 2. The van der Waals surface area contributed by atoms with E-state index >= 15 is 0 Å². The monoisotopic (exact) mass is 332 g/mol. The number of hydrogen-bond acceptors (Lipinski definition) is 6. The van der Waals surface area contributed by atoms with Crippen LogP contribution < -0.4 is 10.1 Å². The van der Waals surface area contributed by atoms with Gasteiger partial charge in [-0.1, -0.05) is 12.1 Å². The van der Waals surface area contributed by atoms with E-state index in [4.69, 9.17) is 9.47 Å². The Morgan fingerprint density at radius 2 is 2.04 bits per heavy atom. The van der Waals surface area contributed by atoms with E-state index in [1.807, 2.05) is 36.2 Å². The van der Waals surface area contributed by atoms with Gasteiger partial charge in [0, 0.05) is 19.8 Å². The number of aldehydes is 1. The normalized spacial score (nSPS) is 17.6. The zero-order chi connectivity index (χ0) is 17.7. The van der Waals surface area contributed by atoms with Gasteiger partial charge in [0.2, 0.25) is 0 Å². The summed E-state index contributed by atoms with van der Waals surface area (Å²) in [4.78, 5) is 24.5. The van der Waals surface area contributed by atoms with Gasteiger partial charge in [0.1, 0.15) is 12.4 Å². The van der Waals surface area contributed by atoms with Crippen molar-refractivity contribution in [1.82, 2.24) is 10.2 Å². The predicted molar refractivity (Wildman–Crippen MR) is 90.4 cm³/mol. The molecule has 1 aromatic rings. The highest BCUT2D eigenvalue weighted by atomic mass is 16.5. The molecule has 1 aliphatic rings. The lowest BCUT2D eigenvalue weighted by atomic mass is 9.95. The van der Waals surface area contributed by atoms with Crippen LogP contribution in [0.3, 0.4) is 0 Å². The number of likely N-dealkylation sites (N-methyl/N-ethyl adjacent to an activating group) is 1. The lowest BCUT2D eigenvalue weighted by Gasteiger charge is -2.32. The molecular weight excluding hydrogens is 308 g/mol. The van der Waals surface area contributed by atoms with Crippen LogP contribution in [-0.4, -0.2) is 44.5 Å². The van der Waals surface area contributed by atoms with Gasteiger partial charge in [-0.05, 0) is 31.5 Å². The van der Waals surface area contributed by atoms with Crippen LogP contribution >= 0.6 is 0 Å². The largest absolute Gasteiger partial charge is 0.492 e. The zero-order valence-electron chi connectivity index (χ0n) is 14.5. The van der Waals surface area contributed by atoms with Crippen molar-refractivity contribution in [2.75, 3.05) is 27.3 Å². The average Bonchev–Trinajstić information content (AvgIpc) is 2.59. The average molecular weight is 332 g/mol. The Morgan fingerprint density at radius 3 is 2.58 bits per heavy atom. The summed E-state index contributed by atoms with van der Waals surface area (Å²) in [5.41, 5.74) is 1.00. The number of esters is 1. The van der Waals surface area contributed by atoms with Gasteiger partial charge in [-0.15, -0.1) is 0 Å². The zero-order valence-corrected chi connectivity index (χ0v) is 14.5. The fourth-order valence-electron chi connectivity index (χ4n) is 2.52. The number of nitrogens with zero attached hydrogens (tertiary/aromatic N) is 1. The first-order chi connectivity index (χ1) is 11.4. The van der Waals surface area contributed by atoms with Crippen LogP contribution in [0.25, 0.3) is 0 Å². The van der Waals surface area contributed by atoms with E-state index in [1.54, 1.807) is 20.0 Å². The fourth-order valence-corrected chi connectivity index (χ4v) is 2.52. The molecule has 1 N–H and O–H groups in total. The Kier molecular flexibility index (Phi) is 5.49. The van der Waals surface area contributed by atoms with E-state index in [2.05, 4.69) is 5.32 Å². The minimum atomic E-state index is -0.697. The summed E-state index contributed by atoms with van der Waals surface area (Å²) in [6, 6.07) is 7.89. The summed E-state index contributed by atoms with van der Waals surface area (Å²) < 4.78 is 10.5. The van der Waals surface area contributed by atoms with Crippen molar-refractivity contribution in [3.63, 3.8) is 0 Å². The SMILES string of the molecule is COC(=O)C(C)(C)COc1ccc(C2CNC(C=O)=CN2C)cc1. The highest BCUT2D eigenvalue weighted by Gasteiger charge is 2.29. The lowest BCUT2D eigenvalue weighted by Crippen LogP contribution is -2.36. The highest BCUT2D eigenvalue weighted by molar-refractivity contribution is 5.75. The van der Waals surface area contributed by atoms with Crippen LogP contribution in [0.15, 0.2) is 36.2 Å². The van der Waals surface area contributed by atoms with Crippen molar-refractivity contribution in [2.24, 2.45) is 5.41 Å². The molecule has 0 bridgehead atoms. The van der Waals surface area contributed by atoms with Gasteiger partial charge in [0.25, 0.3) is 0 Å². The summed E-state index contributed by atoms with van der Waals surface area (Å²) in [6.45, 7) is 4.48. The Balaban J connectivity index is 2.00. The van der Waals surface area contributed by atoms with E-state index in [0.29, 0.717) is 18.0 Å². The van der Waals surface area contributed by atoms with Gasteiger partial charge in [-0.25, -0.2) is 0 Å². The molecule has 0 amide bonds. The number of rotatable bonds is 6. The molecule has 0 saturated carbocycles. The van der Waals surface area contributed by atoms with Crippen LogP contribution in [0.1, 0.15) is 25.5 Å². The fraction of sp³-hybridized carbons (Fsp3) is 0.444. The Morgan fingerprint density at radius 1 is 1.38 bits per heavy atom. The summed E-state index contributed by atoms with van der Waals surface area (Å²) >= 11 is 0. The maximum atomic E-state index is 11.7. The smallest absolute Gasteiger partial charge is 0.314 e. The van der Waals surface area contributed by atoms with Crippen molar-refractivity contribution in [3.8, 4) is 5.75 Å². The second-order valence-electron chi connectivity index (χ2n) is 6.50. The first-order valence-electron chi connectivity index (χ1n) is 7.81. The third kappa shape index (κ3) is 4.07. The maximum absolute atomic E-state index is 11.7. The van der Waals surface area contributed by atoms with Crippen LogP contribution in [-0.2, 0) is 14.3 Å². The minimum Gasteiger partial charge on any atom is -0.492 e. The van der Waals surface area contributed by atoms with Crippen LogP contribution in [0, 0.1) is 5.41 Å². The predicted octanol–water partition coefficient (Wildman–Crippen LogP) is 1.88. The lowest BCUT2D eigenvalue weighted by molar-refractivity contribution is -0.152. The molecule has 1 atom stereocenters. The molecule has 0 aliphatic carbocycles. The van der Waals surface area contributed by atoms with E-state index in [-0.39, 0.29) is 18.6 Å². The number of hydrogen-bond donors (Lipinski definition) is 1. The molecular formula is C18H24N2O4. The molecule has 0 radical (unpaired) electrons. The standard InChI is InChI=1S/C18H24N2O4/c1-18(2,17(22)23-4)12-24-15-7-5-13(6-8-15)16-9-19-14(11-21)10-20(16)3/h5-8,10-11,16,19H,9,12H2,1-4H3. The van der Waals surface area contributed by atoms with E-state index < -0.39 is 5.41 Å². The Labute approximate surface area is 142 Å². The van der Waals surface area contributed by atoms with E-state index in [0.717, 1.165) is 11.8 Å². The third-order valence-corrected chi connectivity index (χ3v) is 4.06. The van der Waals surface area contributed by atoms with Gasteiger partial charge < -0.3 is 19.7 Å². The number of carbonyl (C=O) groups is 2. The second kappa shape index (κ2) is 7.38. The number of benzene rings is 1. The maximum Gasteiger partial charge on any atom is 0.314 e. The summed E-state index contributed by atoms with van der Waals surface area (Å²) in [7, 11) is 3.32. The molecule has 130 valence electrons. The van der Waals surface area contributed by atoms with Gasteiger partial charge in [-0.3, -0.25) is 9.59 Å². The molecule has 0 aromatic heterocycles. The van der Waals surface area contributed by atoms with Crippen LogP contribution in [0.2, 0.25) is 0 Å². The van der Waals surface area contributed by atoms with Crippen molar-refractivity contribution in [1.29, 1.82) is 0 Å². The highest BCUT2D eigenvalue weighted by Crippen LogP contribution is 2.26. The minimum absolute atomic E-state index is 0.147. The summed E-state index contributed by atoms with van der Waals surface area (Å²) in [5, 5.41) is 3.10. The number of methoxy groups -OCH3 is 1. The molecule has 6 nitrogen and oxygen atoms in total. The van der Waals surface area contributed by atoms with Crippen molar-refractivity contribution in [2.45, 2.75) is 19.9 Å². The van der Waals surface area contributed by atoms with Gasteiger partial charge in [0.15, 0.2) is 6.29 Å². The molecule has 1 heterocycles. The van der Waals surface area contributed by atoms with Crippen molar-refractivity contribution in [3.05, 3.63) is 41.7 Å². The van der Waals surface area contributed by atoms with Crippen LogP contribution in [0.4, 0.5) is 0 Å².